The molecular weight excluding hydrogens is 64.0 g/mol. The molecule has 29 valence electrons. The molecule has 0 aromatic rings. The summed E-state index contributed by atoms with van der Waals surface area (Å²) in [7, 11) is 0. The first-order valence-electron chi connectivity index (χ1n) is 1.42. The summed E-state index contributed by atoms with van der Waals surface area (Å²) >= 11 is 0. The zero-order valence-electron chi connectivity index (χ0n) is 3.23. The smallest absolute Gasteiger partial charge is 0.0852 e. The lowest BCUT2D eigenvalue weighted by Crippen LogP contribution is -1.60. The molecule has 0 spiro atoms. The van der Waals surface area contributed by atoms with E-state index in [1.54, 1.807) is 6.92 Å². The molecule has 1 N–H and O–H groups in total. The van der Waals surface area contributed by atoms with Crippen LogP contribution in [0.2, 0.25) is 0 Å². The summed E-state index contributed by atoms with van der Waals surface area (Å²) in [5.74, 6) is 0.269. The average Bonchev–Trinajstić information content (AvgIpc) is 1.38. The summed E-state index contributed by atoms with van der Waals surface area (Å²) < 4.78 is 0. The molecule has 0 bridgehead atoms. The molecule has 0 unspecified atom stereocenters. The van der Waals surface area contributed by atoms with Gasteiger partial charge in [-0.25, -0.2) is 0 Å². The van der Waals surface area contributed by atoms with Crippen LogP contribution in [0, 0.1) is 6.92 Å². The van der Waals surface area contributed by atoms with Gasteiger partial charge in [0.25, 0.3) is 0 Å². The molecule has 0 saturated heterocycles. The molecule has 0 aromatic carbocycles. The molecule has 0 aliphatic heterocycles. The van der Waals surface area contributed by atoms with Crippen molar-refractivity contribution in [1.82, 2.24) is 0 Å². The Labute approximate surface area is 31.9 Å². The van der Waals surface area contributed by atoms with Gasteiger partial charge in [0.1, 0.15) is 0 Å². The van der Waals surface area contributed by atoms with Crippen molar-refractivity contribution < 1.29 is 5.11 Å². The van der Waals surface area contributed by atoms with Crippen LogP contribution in [-0.4, -0.2) is 5.11 Å². The molecule has 0 aliphatic rings. The van der Waals surface area contributed by atoms with E-state index < -0.39 is 0 Å². The van der Waals surface area contributed by atoms with E-state index in [4.69, 9.17) is 5.11 Å². The minimum absolute atomic E-state index is 0.269. The number of hydrogen-bond acceptors (Lipinski definition) is 1. The molecule has 0 rings (SSSR count). The zero-order valence-corrected chi connectivity index (χ0v) is 3.23. The number of aliphatic hydroxyl groups excluding tert-OH is 1. The van der Waals surface area contributed by atoms with Crippen molar-refractivity contribution in [2.24, 2.45) is 0 Å². The number of allylic oxidation sites excluding steroid dienone is 2. The second-order valence-corrected chi connectivity index (χ2v) is 0.846. The second-order valence-electron chi connectivity index (χ2n) is 0.846. The Kier molecular flexibility index (Phi) is 1.65. The van der Waals surface area contributed by atoms with E-state index in [2.05, 4.69) is 6.92 Å². The molecule has 0 amide bonds. The van der Waals surface area contributed by atoms with Crippen molar-refractivity contribution in [3.05, 3.63) is 18.8 Å². The van der Waals surface area contributed by atoms with Crippen molar-refractivity contribution >= 4 is 0 Å². The van der Waals surface area contributed by atoms with E-state index in [1.165, 1.54) is 6.08 Å². The topological polar surface area (TPSA) is 20.2 Å². The van der Waals surface area contributed by atoms with Crippen LogP contribution in [-0.2, 0) is 0 Å². The lowest BCUT2D eigenvalue weighted by Gasteiger charge is -1.75. The maximum absolute atomic E-state index is 8.16. The predicted octanol–water partition coefficient (Wildman–Crippen LogP) is 1.28. The fourth-order valence-corrected chi connectivity index (χ4v) is 0. The van der Waals surface area contributed by atoms with Crippen LogP contribution in [0.1, 0.15) is 6.92 Å². The summed E-state index contributed by atoms with van der Waals surface area (Å²) in [5, 5.41) is 8.16. The number of rotatable bonds is 0. The lowest BCUT2D eigenvalue weighted by atomic mass is 10.5. The Morgan fingerprint density at radius 2 is 2.20 bits per heavy atom. The van der Waals surface area contributed by atoms with Gasteiger partial charge in [-0.15, -0.1) is 0 Å². The van der Waals surface area contributed by atoms with Crippen molar-refractivity contribution in [1.29, 1.82) is 0 Å². The van der Waals surface area contributed by atoms with Crippen LogP contribution in [0.4, 0.5) is 0 Å². The first-order chi connectivity index (χ1) is 2.27. The van der Waals surface area contributed by atoms with E-state index in [9.17, 15) is 0 Å². The van der Waals surface area contributed by atoms with Gasteiger partial charge in [0.05, 0.1) is 5.76 Å². The Hall–Kier alpha value is -0.460. The standard InChI is InChI=1S/C4H7O/c1-3-4(2)5/h3,5H,1H2,2H3/b4-3-. The summed E-state index contributed by atoms with van der Waals surface area (Å²) in [5.41, 5.74) is 0. The Morgan fingerprint density at radius 1 is 2.00 bits per heavy atom. The number of aliphatic hydroxyl groups is 1. The largest absolute Gasteiger partial charge is 0.513 e. The third-order valence-electron chi connectivity index (χ3n) is 0.295. The van der Waals surface area contributed by atoms with Crippen LogP contribution in [0.5, 0.6) is 0 Å². The minimum Gasteiger partial charge on any atom is -0.513 e. The van der Waals surface area contributed by atoms with Gasteiger partial charge < -0.3 is 5.11 Å². The fraction of sp³-hybridized carbons (Fsp3) is 0.250. The molecule has 0 atom stereocenters. The molecule has 0 aromatic heterocycles. The monoisotopic (exact) mass is 71.0 g/mol. The van der Waals surface area contributed by atoms with E-state index in [1.807, 2.05) is 0 Å². The molecule has 0 saturated carbocycles. The Bertz CT molecular complexity index is 41.6. The molecule has 0 fully saturated rings. The predicted molar refractivity (Wildman–Crippen MR) is 21.7 cm³/mol. The van der Waals surface area contributed by atoms with Crippen LogP contribution >= 0.6 is 0 Å². The molecule has 1 nitrogen and oxygen atoms in total. The summed E-state index contributed by atoms with van der Waals surface area (Å²) in [4.78, 5) is 0. The zero-order chi connectivity index (χ0) is 4.28. The van der Waals surface area contributed by atoms with Gasteiger partial charge in [-0.1, -0.05) is 0 Å². The lowest BCUT2D eigenvalue weighted by molar-refractivity contribution is 0.414. The van der Waals surface area contributed by atoms with Gasteiger partial charge in [0, 0.05) is 0 Å². The Balaban J connectivity index is 3.14. The van der Waals surface area contributed by atoms with Gasteiger partial charge in [0.15, 0.2) is 0 Å². The van der Waals surface area contributed by atoms with Gasteiger partial charge in [-0.3, -0.25) is 0 Å². The minimum atomic E-state index is 0.269. The van der Waals surface area contributed by atoms with Crippen molar-refractivity contribution in [3.8, 4) is 0 Å². The summed E-state index contributed by atoms with van der Waals surface area (Å²) in [6, 6.07) is 0. The quantitative estimate of drug-likeness (QED) is 0.426. The maximum atomic E-state index is 8.16. The van der Waals surface area contributed by atoms with Crippen LogP contribution < -0.4 is 0 Å². The summed E-state index contributed by atoms with van der Waals surface area (Å²) in [6.07, 6.45) is 1.39. The highest BCUT2D eigenvalue weighted by atomic mass is 16.3. The highest BCUT2D eigenvalue weighted by molar-refractivity contribution is 4.87. The average molecular weight is 71.1 g/mol. The summed E-state index contributed by atoms with van der Waals surface area (Å²) in [6.45, 7) is 4.85. The van der Waals surface area contributed by atoms with Gasteiger partial charge in [-0.05, 0) is 19.9 Å². The van der Waals surface area contributed by atoms with Gasteiger partial charge in [-0.2, -0.15) is 0 Å². The first kappa shape index (κ1) is 4.54. The van der Waals surface area contributed by atoms with E-state index >= 15 is 0 Å². The van der Waals surface area contributed by atoms with E-state index in [-0.39, 0.29) is 5.76 Å². The van der Waals surface area contributed by atoms with Gasteiger partial charge in [0.2, 0.25) is 0 Å². The molecule has 1 heteroatoms. The highest BCUT2D eigenvalue weighted by Crippen LogP contribution is 1.76. The SMILES string of the molecule is [CH2]/C=C(/C)O. The molecule has 0 heterocycles. The molecule has 0 aliphatic carbocycles. The third-order valence-corrected chi connectivity index (χ3v) is 0.295. The van der Waals surface area contributed by atoms with Crippen LogP contribution in [0.3, 0.4) is 0 Å². The van der Waals surface area contributed by atoms with Crippen molar-refractivity contribution in [2.75, 3.05) is 0 Å². The second kappa shape index (κ2) is 1.82. The van der Waals surface area contributed by atoms with E-state index in [0.717, 1.165) is 0 Å². The van der Waals surface area contributed by atoms with Crippen molar-refractivity contribution in [2.45, 2.75) is 6.92 Å². The first-order valence-corrected chi connectivity index (χ1v) is 1.42. The van der Waals surface area contributed by atoms with Crippen molar-refractivity contribution in [3.63, 3.8) is 0 Å². The molecular formula is C4H7O. The van der Waals surface area contributed by atoms with E-state index in [0.29, 0.717) is 0 Å². The highest BCUT2D eigenvalue weighted by Gasteiger charge is 1.63. The third kappa shape index (κ3) is 3.54. The Morgan fingerprint density at radius 3 is 2.20 bits per heavy atom. The molecule has 5 heavy (non-hydrogen) atoms. The number of hydrogen-bond donors (Lipinski definition) is 1. The van der Waals surface area contributed by atoms with Gasteiger partial charge >= 0.3 is 0 Å². The van der Waals surface area contributed by atoms with Crippen LogP contribution in [0.15, 0.2) is 11.8 Å². The molecule has 1 radical (unpaired) electrons. The fourth-order valence-electron chi connectivity index (χ4n) is 0. The normalized spacial score (nSPS) is 12.0. The van der Waals surface area contributed by atoms with Crippen LogP contribution in [0.25, 0.3) is 0 Å². The maximum Gasteiger partial charge on any atom is 0.0852 e.